The first-order valence-electron chi connectivity index (χ1n) is 5.64. The molecule has 0 bridgehead atoms. The first-order valence-corrected chi connectivity index (χ1v) is 7.09. The number of benzene rings is 2. The van der Waals surface area contributed by atoms with Crippen molar-refractivity contribution in [2.75, 3.05) is 0 Å². The van der Waals surface area contributed by atoms with Crippen LogP contribution in [-0.2, 0) is 0 Å². The van der Waals surface area contributed by atoms with Gasteiger partial charge in [0.05, 0.1) is 0 Å². The van der Waals surface area contributed by atoms with Gasteiger partial charge in [-0.25, -0.2) is 0 Å². The second-order valence-electron chi connectivity index (χ2n) is 3.99. The molecule has 4 heteroatoms. The quantitative estimate of drug-likeness (QED) is 0.461. The van der Waals surface area contributed by atoms with Crippen LogP contribution in [0, 0.1) is 8.98 Å². The summed E-state index contributed by atoms with van der Waals surface area (Å²) in [5.74, 6) is 0. The van der Waals surface area contributed by atoms with E-state index in [1.807, 2.05) is 36.4 Å². The van der Waals surface area contributed by atoms with Crippen molar-refractivity contribution in [1.82, 2.24) is 0 Å². The Kier molecular flexibility index (Phi) is 4.61. The Morgan fingerprint density at radius 2 is 1.79 bits per heavy atom. The maximum atomic E-state index is 7.60. The Labute approximate surface area is 130 Å². The van der Waals surface area contributed by atoms with Crippen LogP contribution in [0.4, 0.5) is 0 Å². The molecule has 0 radical (unpaired) electrons. The van der Waals surface area contributed by atoms with Gasteiger partial charge in [0, 0.05) is 26.1 Å². The third-order valence-corrected chi connectivity index (χ3v) is 3.65. The minimum Gasteiger partial charge on any atom is -0.398 e. The normalized spacial score (nSPS) is 11.9. The maximum Gasteiger partial charge on any atom is 0.0482 e. The van der Waals surface area contributed by atoms with Crippen LogP contribution in [0.1, 0.15) is 11.1 Å². The molecule has 0 fully saturated rings. The molecule has 0 saturated heterocycles. The molecular formula is C15H12ClIN2. The van der Waals surface area contributed by atoms with Gasteiger partial charge in [0.1, 0.15) is 0 Å². The van der Waals surface area contributed by atoms with Crippen molar-refractivity contribution in [3.05, 3.63) is 68.3 Å². The number of allylic oxidation sites excluding steroid dienone is 1. The number of hydrogen-bond donors (Lipinski definition) is 2. The van der Waals surface area contributed by atoms with E-state index in [9.17, 15) is 0 Å². The molecule has 0 saturated carbocycles. The van der Waals surface area contributed by atoms with Gasteiger partial charge in [-0.05, 0) is 58.0 Å². The predicted molar refractivity (Wildman–Crippen MR) is 90.4 cm³/mol. The topological polar surface area (TPSA) is 49.9 Å². The van der Waals surface area contributed by atoms with Crippen LogP contribution in [0.5, 0.6) is 0 Å². The van der Waals surface area contributed by atoms with Crippen LogP contribution < -0.4 is 5.73 Å². The minimum absolute atomic E-state index is 0.577. The monoisotopic (exact) mass is 382 g/mol. The van der Waals surface area contributed by atoms with E-state index >= 15 is 0 Å². The zero-order chi connectivity index (χ0) is 13.8. The molecule has 3 N–H and O–H groups in total. The molecule has 0 heterocycles. The average Bonchev–Trinajstić information content (AvgIpc) is 2.40. The zero-order valence-electron chi connectivity index (χ0n) is 10.0. The van der Waals surface area contributed by atoms with Gasteiger partial charge in [-0.15, -0.1) is 0 Å². The SMILES string of the molecule is N=CC(=C(N)c1ccc(Cl)cc1)c1cccc(I)c1. The molecule has 0 atom stereocenters. The van der Waals surface area contributed by atoms with Crippen molar-refractivity contribution in [3.63, 3.8) is 0 Å². The first kappa shape index (κ1) is 14.1. The highest BCUT2D eigenvalue weighted by molar-refractivity contribution is 14.1. The molecule has 0 amide bonds. The van der Waals surface area contributed by atoms with Gasteiger partial charge in [-0.3, -0.25) is 0 Å². The van der Waals surface area contributed by atoms with Gasteiger partial charge in [0.25, 0.3) is 0 Å². The Morgan fingerprint density at radius 1 is 1.11 bits per heavy atom. The molecule has 0 aliphatic rings. The second kappa shape index (κ2) is 6.21. The molecule has 0 aromatic heterocycles. The number of nitrogens with one attached hydrogen (secondary N) is 1. The van der Waals surface area contributed by atoms with Crippen LogP contribution in [0.3, 0.4) is 0 Å². The maximum absolute atomic E-state index is 7.60. The third kappa shape index (κ3) is 3.36. The summed E-state index contributed by atoms with van der Waals surface area (Å²) in [6.07, 6.45) is 1.29. The fraction of sp³-hybridized carbons (Fsp3) is 0. The van der Waals surface area contributed by atoms with E-state index in [1.54, 1.807) is 12.1 Å². The summed E-state index contributed by atoms with van der Waals surface area (Å²) in [6, 6.07) is 15.2. The second-order valence-corrected chi connectivity index (χ2v) is 5.67. The van der Waals surface area contributed by atoms with Gasteiger partial charge in [0.2, 0.25) is 0 Å². The van der Waals surface area contributed by atoms with E-state index in [0.29, 0.717) is 16.3 Å². The van der Waals surface area contributed by atoms with E-state index in [2.05, 4.69) is 22.6 Å². The Bertz CT molecular complexity index is 633. The van der Waals surface area contributed by atoms with Crippen molar-refractivity contribution >= 4 is 51.7 Å². The molecule has 0 spiro atoms. The molecule has 2 nitrogen and oxygen atoms in total. The van der Waals surface area contributed by atoms with Crippen LogP contribution in [0.15, 0.2) is 48.5 Å². The third-order valence-electron chi connectivity index (χ3n) is 2.73. The van der Waals surface area contributed by atoms with Crippen LogP contribution in [0.2, 0.25) is 5.02 Å². The van der Waals surface area contributed by atoms with Crippen molar-refractivity contribution in [2.24, 2.45) is 5.73 Å². The van der Waals surface area contributed by atoms with Crippen LogP contribution in [0.25, 0.3) is 11.3 Å². The highest BCUT2D eigenvalue weighted by Gasteiger charge is 2.07. The van der Waals surface area contributed by atoms with E-state index in [1.165, 1.54) is 6.21 Å². The van der Waals surface area contributed by atoms with E-state index < -0.39 is 0 Å². The molecule has 0 aliphatic carbocycles. The smallest absolute Gasteiger partial charge is 0.0482 e. The highest BCUT2D eigenvalue weighted by Crippen LogP contribution is 2.23. The zero-order valence-corrected chi connectivity index (χ0v) is 12.9. The summed E-state index contributed by atoms with van der Waals surface area (Å²) in [6.45, 7) is 0. The lowest BCUT2D eigenvalue weighted by Crippen LogP contribution is -2.02. The fourth-order valence-corrected chi connectivity index (χ4v) is 2.43. The lowest BCUT2D eigenvalue weighted by molar-refractivity contribution is 1.49. The molecule has 96 valence electrons. The number of rotatable bonds is 3. The lowest BCUT2D eigenvalue weighted by Gasteiger charge is -2.09. The van der Waals surface area contributed by atoms with Gasteiger partial charge < -0.3 is 11.1 Å². The summed E-state index contributed by atoms with van der Waals surface area (Å²) < 4.78 is 1.11. The summed E-state index contributed by atoms with van der Waals surface area (Å²) in [4.78, 5) is 0. The first-order chi connectivity index (χ1) is 9.11. The molecule has 2 aromatic rings. The van der Waals surface area contributed by atoms with Gasteiger partial charge in [0.15, 0.2) is 0 Å². The lowest BCUT2D eigenvalue weighted by atomic mass is 10.0. The number of hydrogen-bond acceptors (Lipinski definition) is 2. The van der Waals surface area contributed by atoms with E-state index in [4.69, 9.17) is 22.7 Å². The Hall–Kier alpha value is -1.33. The van der Waals surface area contributed by atoms with Crippen molar-refractivity contribution < 1.29 is 0 Å². The Morgan fingerprint density at radius 3 is 2.37 bits per heavy atom. The number of halogens is 2. The fourth-order valence-electron chi connectivity index (χ4n) is 1.76. The van der Waals surface area contributed by atoms with E-state index in [0.717, 1.165) is 14.7 Å². The molecule has 2 aromatic carbocycles. The standard InChI is InChI=1S/C15H12ClIN2/c16-12-6-4-10(5-7-12)15(19)14(9-18)11-2-1-3-13(17)8-11/h1-9,18H,19H2. The molecule has 0 aliphatic heterocycles. The average molecular weight is 383 g/mol. The van der Waals surface area contributed by atoms with E-state index in [-0.39, 0.29) is 0 Å². The molecule has 0 unspecified atom stereocenters. The van der Waals surface area contributed by atoms with Crippen LogP contribution >= 0.6 is 34.2 Å². The van der Waals surface area contributed by atoms with Crippen molar-refractivity contribution in [3.8, 4) is 0 Å². The molecule has 2 rings (SSSR count). The van der Waals surface area contributed by atoms with Gasteiger partial charge in [-0.2, -0.15) is 0 Å². The van der Waals surface area contributed by atoms with Gasteiger partial charge >= 0.3 is 0 Å². The molecular weight excluding hydrogens is 371 g/mol. The summed E-state index contributed by atoms with van der Waals surface area (Å²) >= 11 is 8.11. The summed E-state index contributed by atoms with van der Waals surface area (Å²) in [7, 11) is 0. The summed E-state index contributed by atoms with van der Waals surface area (Å²) in [5.41, 5.74) is 9.25. The highest BCUT2D eigenvalue weighted by atomic mass is 127. The largest absolute Gasteiger partial charge is 0.398 e. The summed E-state index contributed by atoms with van der Waals surface area (Å²) in [5, 5.41) is 8.27. The minimum atomic E-state index is 0.577. The van der Waals surface area contributed by atoms with Crippen LogP contribution in [-0.4, -0.2) is 6.21 Å². The predicted octanol–water partition coefficient (Wildman–Crippen LogP) is 4.42. The Balaban J connectivity index is 2.52. The van der Waals surface area contributed by atoms with Gasteiger partial charge in [-0.1, -0.05) is 35.9 Å². The van der Waals surface area contributed by atoms with Crippen molar-refractivity contribution in [2.45, 2.75) is 0 Å². The molecule has 19 heavy (non-hydrogen) atoms. The number of nitrogens with two attached hydrogens (primary N) is 1. The van der Waals surface area contributed by atoms with Crippen molar-refractivity contribution in [1.29, 1.82) is 5.41 Å².